The molecule has 2 aromatic rings. The van der Waals surface area contributed by atoms with E-state index >= 15 is 0 Å². The molecule has 3 nitrogen and oxygen atoms in total. The second kappa shape index (κ2) is 3.67. The fourth-order valence-electron chi connectivity index (χ4n) is 1.16. The van der Waals surface area contributed by atoms with Crippen LogP contribution in [-0.4, -0.2) is 16.6 Å². The first-order chi connectivity index (χ1) is 6.81. The van der Waals surface area contributed by atoms with Crippen molar-refractivity contribution in [1.29, 1.82) is 0 Å². The van der Waals surface area contributed by atoms with Gasteiger partial charge in [-0.15, -0.1) is 0 Å². The maximum Gasteiger partial charge on any atom is 0.225 e. The van der Waals surface area contributed by atoms with E-state index in [1.165, 1.54) is 11.5 Å². The van der Waals surface area contributed by atoms with Crippen LogP contribution in [-0.2, 0) is 0 Å². The summed E-state index contributed by atoms with van der Waals surface area (Å²) in [6.45, 7) is 0. The molecule has 0 bridgehead atoms. The SMILES string of the molecule is COc1cc(-c2ccccc2O)sn1. The van der Waals surface area contributed by atoms with Gasteiger partial charge in [0.2, 0.25) is 5.88 Å². The fourth-order valence-corrected chi connectivity index (χ4v) is 1.90. The molecule has 0 atom stereocenters. The average molecular weight is 207 g/mol. The van der Waals surface area contributed by atoms with Crippen molar-refractivity contribution in [3.63, 3.8) is 0 Å². The van der Waals surface area contributed by atoms with Gasteiger partial charge in [-0.2, -0.15) is 4.37 Å². The van der Waals surface area contributed by atoms with Gasteiger partial charge in [0.15, 0.2) is 0 Å². The number of aromatic hydroxyl groups is 1. The molecule has 14 heavy (non-hydrogen) atoms. The fraction of sp³-hybridized carbons (Fsp3) is 0.100. The van der Waals surface area contributed by atoms with E-state index in [2.05, 4.69) is 4.37 Å². The van der Waals surface area contributed by atoms with E-state index in [0.717, 1.165) is 10.4 Å². The van der Waals surface area contributed by atoms with Crippen molar-refractivity contribution in [3.8, 4) is 22.1 Å². The third-order valence-corrected chi connectivity index (χ3v) is 2.67. The Hall–Kier alpha value is -1.55. The lowest BCUT2D eigenvalue weighted by Gasteiger charge is -1.98. The summed E-state index contributed by atoms with van der Waals surface area (Å²) < 4.78 is 9.03. The van der Waals surface area contributed by atoms with Gasteiger partial charge in [0.25, 0.3) is 0 Å². The zero-order chi connectivity index (χ0) is 9.97. The molecule has 0 aliphatic rings. The highest BCUT2D eigenvalue weighted by molar-refractivity contribution is 7.09. The van der Waals surface area contributed by atoms with Crippen LogP contribution < -0.4 is 4.74 Å². The van der Waals surface area contributed by atoms with E-state index in [4.69, 9.17) is 4.74 Å². The van der Waals surface area contributed by atoms with Gasteiger partial charge in [-0.25, -0.2) is 0 Å². The molecule has 1 aromatic carbocycles. The number of hydrogen-bond acceptors (Lipinski definition) is 4. The second-order valence-electron chi connectivity index (χ2n) is 2.75. The number of hydrogen-bond donors (Lipinski definition) is 1. The number of phenols is 1. The topological polar surface area (TPSA) is 42.4 Å². The highest BCUT2D eigenvalue weighted by Gasteiger charge is 2.07. The molecule has 0 saturated heterocycles. The van der Waals surface area contributed by atoms with E-state index in [1.54, 1.807) is 25.3 Å². The number of nitrogens with zero attached hydrogens (tertiary/aromatic N) is 1. The maximum atomic E-state index is 9.58. The van der Waals surface area contributed by atoms with Crippen LogP contribution in [0.5, 0.6) is 11.6 Å². The summed E-state index contributed by atoms with van der Waals surface area (Å²) in [6.07, 6.45) is 0. The third-order valence-electron chi connectivity index (χ3n) is 1.87. The van der Waals surface area contributed by atoms with E-state index in [0.29, 0.717) is 5.88 Å². The molecule has 1 heterocycles. The molecule has 0 amide bonds. The zero-order valence-electron chi connectivity index (χ0n) is 7.60. The summed E-state index contributed by atoms with van der Waals surface area (Å²) >= 11 is 1.31. The Morgan fingerprint density at radius 1 is 1.36 bits per heavy atom. The van der Waals surface area contributed by atoms with Gasteiger partial charge in [0, 0.05) is 11.6 Å². The average Bonchev–Trinajstić information content (AvgIpc) is 2.67. The van der Waals surface area contributed by atoms with Crippen LogP contribution in [0, 0.1) is 0 Å². The van der Waals surface area contributed by atoms with Gasteiger partial charge in [-0.1, -0.05) is 12.1 Å². The molecule has 1 aromatic heterocycles. The molecule has 2 rings (SSSR count). The van der Waals surface area contributed by atoms with Crippen LogP contribution in [0.1, 0.15) is 0 Å². The van der Waals surface area contributed by atoms with Crippen molar-refractivity contribution in [2.75, 3.05) is 7.11 Å². The van der Waals surface area contributed by atoms with Crippen molar-refractivity contribution in [1.82, 2.24) is 4.37 Å². The standard InChI is InChI=1S/C10H9NO2S/c1-13-10-6-9(14-11-10)7-4-2-3-5-8(7)12/h2-6,12H,1H3. The van der Waals surface area contributed by atoms with Crippen molar-refractivity contribution >= 4 is 11.5 Å². The minimum atomic E-state index is 0.263. The summed E-state index contributed by atoms with van der Waals surface area (Å²) in [7, 11) is 1.57. The van der Waals surface area contributed by atoms with Crippen LogP contribution in [0.15, 0.2) is 30.3 Å². The molecular weight excluding hydrogens is 198 g/mol. The van der Waals surface area contributed by atoms with Crippen LogP contribution in [0.4, 0.5) is 0 Å². The molecule has 0 spiro atoms. The Bertz CT molecular complexity index is 439. The molecule has 72 valence electrons. The van der Waals surface area contributed by atoms with Gasteiger partial charge in [-0.3, -0.25) is 0 Å². The van der Waals surface area contributed by atoms with Gasteiger partial charge >= 0.3 is 0 Å². The van der Waals surface area contributed by atoms with E-state index in [1.807, 2.05) is 12.1 Å². The summed E-state index contributed by atoms with van der Waals surface area (Å²) in [5.41, 5.74) is 0.785. The normalized spacial score (nSPS) is 10.1. The van der Waals surface area contributed by atoms with Crippen LogP contribution in [0.2, 0.25) is 0 Å². The van der Waals surface area contributed by atoms with Gasteiger partial charge < -0.3 is 9.84 Å². The minimum Gasteiger partial charge on any atom is -0.507 e. The smallest absolute Gasteiger partial charge is 0.225 e. The van der Waals surface area contributed by atoms with Gasteiger partial charge in [-0.05, 0) is 23.7 Å². The molecule has 1 N–H and O–H groups in total. The number of phenolic OH excluding ortho intramolecular Hbond substituents is 1. The highest BCUT2D eigenvalue weighted by atomic mass is 32.1. The van der Waals surface area contributed by atoms with Crippen LogP contribution in [0.25, 0.3) is 10.4 Å². The molecule has 0 aliphatic heterocycles. The lowest BCUT2D eigenvalue weighted by atomic mass is 10.2. The lowest BCUT2D eigenvalue weighted by molar-refractivity contribution is 0.403. The summed E-state index contributed by atoms with van der Waals surface area (Å²) in [5, 5.41) is 9.58. The number of rotatable bonds is 2. The zero-order valence-corrected chi connectivity index (χ0v) is 8.41. The van der Waals surface area contributed by atoms with E-state index in [-0.39, 0.29) is 5.75 Å². The summed E-state index contributed by atoms with van der Waals surface area (Å²) in [4.78, 5) is 0.903. The number of benzene rings is 1. The lowest BCUT2D eigenvalue weighted by Crippen LogP contribution is -1.78. The number of para-hydroxylation sites is 1. The molecule has 0 aliphatic carbocycles. The first kappa shape index (κ1) is 9.02. The Morgan fingerprint density at radius 2 is 2.14 bits per heavy atom. The van der Waals surface area contributed by atoms with Crippen molar-refractivity contribution < 1.29 is 9.84 Å². The third kappa shape index (κ3) is 1.56. The van der Waals surface area contributed by atoms with Crippen molar-refractivity contribution in [2.45, 2.75) is 0 Å². The molecule has 0 saturated carbocycles. The summed E-state index contributed by atoms with van der Waals surface area (Å²) in [5.74, 6) is 0.840. The van der Waals surface area contributed by atoms with Crippen LogP contribution >= 0.6 is 11.5 Å². The Kier molecular flexibility index (Phi) is 2.37. The first-order valence-electron chi connectivity index (χ1n) is 4.10. The Morgan fingerprint density at radius 3 is 2.79 bits per heavy atom. The van der Waals surface area contributed by atoms with Crippen molar-refractivity contribution in [2.24, 2.45) is 0 Å². The predicted octanol–water partition coefficient (Wildman–Crippen LogP) is 2.52. The van der Waals surface area contributed by atoms with Gasteiger partial charge in [0.05, 0.1) is 12.0 Å². The molecule has 0 unspecified atom stereocenters. The van der Waals surface area contributed by atoms with Crippen molar-refractivity contribution in [3.05, 3.63) is 30.3 Å². The minimum absolute atomic E-state index is 0.263. The predicted molar refractivity (Wildman–Crippen MR) is 55.8 cm³/mol. The first-order valence-corrected chi connectivity index (χ1v) is 4.87. The Labute approximate surface area is 85.8 Å². The molecular formula is C10H9NO2S. The highest BCUT2D eigenvalue weighted by Crippen LogP contribution is 2.33. The molecule has 4 heteroatoms. The Balaban J connectivity index is 2.44. The van der Waals surface area contributed by atoms with E-state index < -0.39 is 0 Å². The van der Waals surface area contributed by atoms with Crippen LogP contribution in [0.3, 0.4) is 0 Å². The quantitative estimate of drug-likeness (QED) is 0.822. The number of ether oxygens (including phenoxy) is 1. The molecule has 0 radical (unpaired) electrons. The monoisotopic (exact) mass is 207 g/mol. The maximum absolute atomic E-state index is 9.58. The largest absolute Gasteiger partial charge is 0.507 e. The summed E-state index contributed by atoms with van der Waals surface area (Å²) in [6, 6.07) is 8.97. The second-order valence-corrected chi connectivity index (χ2v) is 3.56. The molecule has 0 fully saturated rings. The van der Waals surface area contributed by atoms with E-state index in [9.17, 15) is 5.11 Å². The number of methoxy groups -OCH3 is 1. The number of aromatic nitrogens is 1. The van der Waals surface area contributed by atoms with Gasteiger partial charge in [0.1, 0.15) is 5.75 Å².